The van der Waals surface area contributed by atoms with Gasteiger partial charge in [0, 0.05) is 75.4 Å². The molecule has 1 saturated carbocycles. The lowest BCUT2D eigenvalue weighted by atomic mass is 9.71. The number of carbonyl (C=O) groups is 2. The molecule has 5 aromatic rings. The first-order valence-electron chi connectivity index (χ1n) is 23.6. The number of halogens is 3. The number of carbonyl (C=O) groups excluding carboxylic acids is 2. The fourth-order valence-electron chi connectivity index (χ4n) is 11.3. The van der Waals surface area contributed by atoms with Gasteiger partial charge in [-0.05, 0) is 125 Å². The highest BCUT2D eigenvalue weighted by Crippen LogP contribution is 2.47. The van der Waals surface area contributed by atoms with Crippen molar-refractivity contribution in [1.82, 2.24) is 34.5 Å². The lowest BCUT2D eigenvalue weighted by Gasteiger charge is -2.48. The van der Waals surface area contributed by atoms with E-state index in [4.69, 9.17) is 26.4 Å². The average molecular weight is 924 g/mol. The molecule has 2 aromatic carbocycles. The second kappa shape index (κ2) is 16.6. The van der Waals surface area contributed by atoms with Gasteiger partial charge in [-0.25, -0.2) is 13.8 Å². The highest BCUT2D eigenvalue weighted by Gasteiger charge is 2.51. The predicted molar refractivity (Wildman–Crippen MR) is 250 cm³/mol. The number of imide groups is 1. The van der Waals surface area contributed by atoms with Gasteiger partial charge in [-0.15, -0.1) is 0 Å². The van der Waals surface area contributed by atoms with Gasteiger partial charge in [-0.3, -0.25) is 24.4 Å². The van der Waals surface area contributed by atoms with E-state index in [1.807, 2.05) is 23.9 Å². The number of benzene rings is 2. The number of piperidine rings is 4. The minimum absolute atomic E-state index is 0.0975. The highest BCUT2D eigenvalue weighted by atomic mass is 35.5. The largest absolute Gasteiger partial charge is 0.480 e. The lowest BCUT2D eigenvalue weighted by Crippen LogP contribution is -2.48. The summed E-state index contributed by atoms with van der Waals surface area (Å²) in [6, 6.07) is 10.8. The molecule has 348 valence electrons. The first kappa shape index (κ1) is 43.0. The molecule has 1 unspecified atom stereocenters. The molecule has 4 saturated heterocycles. The van der Waals surface area contributed by atoms with E-state index in [1.54, 1.807) is 19.3 Å². The number of nitrogens with zero attached hydrogens (tertiary/aromatic N) is 8. The van der Waals surface area contributed by atoms with Crippen molar-refractivity contribution in [2.45, 2.75) is 82.1 Å². The quantitative estimate of drug-likeness (QED) is 0.138. The Morgan fingerprint density at radius 2 is 1.64 bits per heavy atom. The zero-order valence-corrected chi connectivity index (χ0v) is 38.2. The number of aromatic nitrogens is 5. The molecule has 5 fully saturated rings. The maximum absolute atomic E-state index is 15.2. The molecule has 2 amide bonds. The van der Waals surface area contributed by atoms with Crippen molar-refractivity contribution in [3.63, 3.8) is 0 Å². The Morgan fingerprint density at radius 1 is 0.879 bits per heavy atom. The SMILES string of the molecule is Cn1nc(C2CCC(=O)NC2=O)c2ccc(N3CCC4(CCN(CC5CCN(c6ncc(Cl)c(Nc7ccc8c(c7)c7c(c(=O)n8C)OCC(F)(F)[C@H](C8CC8)N7)n6)CC5)CC4)CC3)cc21. The molecule has 66 heavy (non-hydrogen) atoms. The van der Waals surface area contributed by atoms with Crippen molar-refractivity contribution in [2.24, 2.45) is 31.3 Å². The van der Waals surface area contributed by atoms with Crippen molar-refractivity contribution in [3.05, 3.63) is 63.7 Å². The molecule has 18 heteroatoms. The van der Waals surface area contributed by atoms with E-state index in [1.165, 1.54) is 35.9 Å². The number of alkyl halides is 2. The van der Waals surface area contributed by atoms with Crippen LogP contribution < -0.4 is 36.0 Å². The Labute approximate surface area is 386 Å². The molecule has 5 aliphatic heterocycles. The van der Waals surface area contributed by atoms with E-state index in [2.05, 4.69) is 53.8 Å². The number of anilines is 5. The van der Waals surface area contributed by atoms with Crippen LogP contribution in [0.4, 0.5) is 37.6 Å². The first-order chi connectivity index (χ1) is 31.8. The number of pyridine rings is 1. The van der Waals surface area contributed by atoms with Gasteiger partial charge in [0.25, 0.3) is 5.56 Å². The Bertz CT molecular complexity index is 2790. The molecular formula is C48H56ClF2N11O4. The van der Waals surface area contributed by atoms with Crippen molar-refractivity contribution >= 4 is 74.0 Å². The Hall–Kier alpha value is -5.55. The predicted octanol–water partition coefficient (Wildman–Crippen LogP) is 6.95. The minimum atomic E-state index is -3.12. The monoisotopic (exact) mass is 923 g/mol. The second-order valence-electron chi connectivity index (χ2n) is 19.7. The van der Waals surface area contributed by atoms with E-state index in [9.17, 15) is 14.4 Å². The van der Waals surface area contributed by atoms with Crippen molar-refractivity contribution in [2.75, 3.05) is 72.9 Å². The fourth-order valence-corrected chi connectivity index (χ4v) is 11.5. The number of hydrogen-bond donors (Lipinski definition) is 3. The van der Waals surface area contributed by atoms with Gasteiger partial charge >= 0.3 is 5.92 Å². The third-order valence-electron chi connectivity index (χ3n) is 15.6. The van der Waals surface area contributed by atoms with E-state index in [0.717, 1.165) is 75.3 Å². The topological polar surface area (TPSA) is 155 Å². The fraction of sp³-hybridized carbons (Fsp3) is 0.542. The molecule has 2 atom stereocenters. The van der Waals surface area contributed by atoms with Crippen LogP contribution in [0.15, 0.2) is 47.4 Å². The third-order valence-corrected chi connectivity index (χ3v) is 15.8. The molecule has 8 heterocycles. The van der Waals surface area contributed by atoms with Crippen LogP contribution in [-0.4, -0.2) is 105 Å². The van der Waals surface area contributed by atoms with Gasteiger partial charge in [0.1, 0.15) is 5.02 Å². The average Bonchev–Trinajstić information content (AvgIpc) is 4.12. The standard InChI is InChI=1S/C48H56ClF2N11O4/c1-58-36-9-5-30(23-34(36)40-41(45(58)65)66-27-48(50,51)42(55-40)29-3-4-29)53-43-35(49)25-52-46(56-43)62-17-11-28(12-18-62)26-60-19-13-47(14-20-60)15-21-61(22-16-47)31-6-7-32-37(24-31)59(2)57-39(32)33-8-10-38(63)54-44(33)64/h5-7,9,23-25,28-29,33,42,55H,3-4,8,10-22,26-27H2,1-2H3,(H,52,53,56)(H,54,63,64)/t33?,42-/m0/s1. The van der Waals surface area contributed by atoms with Gasteiger partial charge < -0.3 is 34.6 Å². The zero-order chi connectivity index (χ0) is 45.5. The van der Waals surface area contributed by atoms with Crippen LogP contribution in [0, 0.1) is 17.3 Å². The number of likely N-dealkylation sites (tertiary alicyclic amines) is 1. The van der Waals surface area contributed by atoms with Gasteiger partial charge in [0.2, 0.25) is 23.5 Å². The molecule has 15 nitrogen and oxygen atoms in total. The van der Waals surface area contributed by atoms with Crippen LogP contribution >= 0.6 is 11.6 Å². The molecule has 0 radical (unpaired) electrons. The molecule has 1 aliphatic carbocycles. The Balaban J connectivity index is 0.683. The number of aryl methyl sites for hydroxylation is 2. The number of hydrogen-bond acceptors (Lipinski definition) is 12. The van der Waals surface area contributed by atoms with Gasteiger partial charge in [-0.2, -0.15) is 10.1 Å². The third kappa shape index (κ3) is 7.98. The summed E-state index contributed by atoms with van der Waals surface area (Å²) in [7, 11) is 3.54. The van der Waals surface area contributed by atoms with E-state index < -0.39 is 30.0 Å². The van der Waals surface area contributed by atoms with Crippen molar-refractivity contribution in [3.8, 4) is 5.75 Å². The van der Waals surface area contributed by atoms with Gasteiger partial charge in [0.15, 0.2) is 12.4 Å². The molecule has 11 rings (SSSR count). The maximum atomic E-state index is 15.2. The highest BCUT2D eigenvalue weighted by molar-refractivity contribution is 6.33. The molecule has 3 aromatic heterocycles. The van der Waals surface area contributed by atoms with E-state index in [0.29, 0.717) is 70.4 Å². The van der Waals surface area contributed by atoms with Gasteiger partial charge in [0.05, 0.1) is 40.6 Å². The van der Waals surface area contributed by atoms with E-state index in [-0.39, 0.29) is 29.2 Å². The van der Waals surface area contributed by atoms with Crippen molar-refractivity contribution in [1.29, 1.82) is 0 Å². The second-order valence-corrected chi connectivity index (χ2v) is 20.1. The summed E-state index contributed by atoms with van der Waals surface area (Å²) in [6.45, 7) is 6.25. The zero-order valence-electron chi connectivity index (χ0n) is 37.4. The van der Waals surface area contributed by atoms with Crippen LogP contribution in [0.3, 0.4) is 0 Å². The number of nitrogens with one attached hydrogen (secondary N) is 3. The first-order valence-corrected chi connectivity index (χ1v) is 24.0. The molecule has 1 spiro atoms. The summed E-state index contributed by atoms with van der Waals surface area (Å²) in [4.78, 5) is 54.5. The number of amides is 2. The normalized spacial score (nSPS) is 23.7. The van der Waals surface area contributed by atoms with E-state index >= 15 is 8.78 Å². The smallest absolute Gasteiger partial charge is 0.301 e. The number of fused-ring (bicyclic) bond motifs is 4. The van der Waals surface area contributed by atoms with Crippen LogP contribution in [0.25, 0.3) is 21.8 Å². The summed E-state index contributed by atoms with van der Waals surface area (Å²) in [5.41, 5.74) is 4.38. The molecule has 6 aliphatic rings. The van der Waals surface area contributed by atoms with Crippen molar-refractivity contribution < 1.29 is 23.1 Å². The van der Waals surface area contributed by atoms with Gasteiger partial charge in [-0.1, -0.05) is 11.6 Å². The van der Waals surface area contributed by atoms with Crippen LogP contribution in [0.1, 0.15) is 75.8 Å². The summed E-state index contributed by atoms with van der Waals surface area (Å²) in [5, 5.41) is 15.5. The van der Waals surface area contributed by atoms with Crippen LogP contribution in [-0.2, 0) is 23.7 Å². The number of rotatable bonds is 8. The molecule has 3 N–H and O–H groups in total. The Kier molecular flexibility index (Phi) is 10.9. The number of ether oxygens (including phenoxy) is 1. The summed E-state index contributed by atoms with van der Waals surface area (Å²) in [5.74, 6) is -2.64. The summed E-state index contributed by atoms with van der Waals surface area (Å²) >= 11 is 6.66. The van der Waals surface area contributed by atoms with Crippen LogP contribution in [0.5, 0.6) is 5.75 Å². The molecule has 0 bridgehead atoms. The minimum Gasteiger partial charge on any atom is -0.480 e. The summed E-state index contributed by atoms with van der Waals surface area (Å²) in [6.07, 6.45) is 10.8. The molecular weight excluding hydrogens is 868 g/mol. The van der Waals surface area contributed by atoms with Crippen LogP contribution in [0.2, 0.25) is 5.02 Å². The lowest BCUT2D eigenvalue weighted by molar-refractivity contribution is -0.134. The maximum Gasteiger partial charge on any atom is 0.301 e. The summed E-state index contributed by atoms with van der Waals surface area (Å²) < 4.78 is 39.2. The Morgan fingerprint density at radius 3 is 2.38 bits per heavy atom.